The van der Waals surface area contributed by atoms with Crippen molar-refractivity contribution in [3.8, 4) is 0 Å². The Morgan fingerprint density at radius 3 is 2.79 bits per heavy atom. The third-order valence-corrected chi connectivity index (χ3v) is 6.72. The van der Waals surface area contributed by atoms with Crippen LogP contribution in [0.3, 0.4) is 0 Å². The fourth-order valence-corrected chi connectivity index (χ4v) is 5.35. The lowest BCUT2D eigenvalue weighted by atomic mass is 9.77. The third kappa shape index (κ3) is 2.52. The molecule has 0 spiro atoms. The van der Waals surface area contributed by atoms with Crippen molar-refractivity contribution in [3.63, 3.8) is 0 Å². The molecule has 0 bridgehead atoms. The zero-order valence-corrected chi connectivity index (χ0v) is 16.4. The predicted octanol–water partition coefficient (Wildman–Crippen LogP) is 6.11. The normalized spacial score (nSPS) is 23.6. The highest BCUT2D eigenvalue weighted by Gasteiger charge is 2.40. The Bertz CT molecular complexity index is 1240. The van der Waals surface area contributed by atoms with Gasteiger partial charge in [-0.15, -0.1) is 0 Å². The van der Waals surface area contributed by atoms with Crippen molar-refractivity contribution in [1.29, 1.82) is 0 Å². The van der Waals surface area contributed by atoms with Crippen molar-refractivity contribution in [2.24, 2.45) is 13.0 Å². The number of fused-ring (bicyclic) bond motifs is 6. The summed E-state index contributed by atoms with van der Waals surface area (Å²) in [5.74, 6) is 0.0968. The number of benzene rings is 3. The SMILES string of the molecule is Cn1c2ccccc2c2cc([C@@H]3Nc4ccc(F)cc4[C@@H]4OCCC[C@H]34)ccc21. The second-order valence-corrected chi connectivity index (χ2v) is 8.30. The molecule has 1 aromatic heterocycles. The molecule has 1 fully saturated rings. The highest BCUT2D eigenvalue weighted by molar-refractivity contribution is 6.08. The van der Waals surface area contributed by atoms with Crippen LogP contribution in [-0.2, 0) is 11.8 Å². The van der Waals surface area contributed by atoms with Crippen LogP contribution in [-0.4, -0.2) is 11.2 Å². The summed E-state index contributed by atoms with van der Waals surface area (Å²) in [5, 5.41) is 6.26. The maximum absolute atomic E-state index is 13.9. The fourth-order valence-electron chi connectivity index (χ4n) is 5.35. The standard InChI is InChI=1S/C25H23FN2O/c1-28-22-7-3-2-5-17(22)19-13-15(8-11-23(19)28)24-18-6-4-12-29-25(18)20-14-16(26)9-10-21(20)27-24/h2-3,5,7-11,13-14,18,24-25,27H,4,6,12H2,1H3/t18-,24+,25-/m1/s1. The number of hydrogen-bond acceptors (Lipinski definition) is 2. The van der Waals surface area contributed by atoms with Crippen LogP contribution in [0.15, 0.2) is 60.7 Å². The fraction of sp³-hybridized carbons (Fsp3) is 0.280. The average molecular weight is 386 g/mol. The first kappa shape index (κ1) is 17.0. The first-order chi connectivity index (χ1) is 14.2. The van der Waals surface area contributed by atoms with E-state index in [1.54, 1.807) is 6.07 Å². The maximum Gasteiger partial charge on any atom is 0.123 e. The summed E-state index contributed by atoms with van der Waals surface area (Å²) in [6.45, 7) is 0.742. The summed E-state index contributed by atoms with van der Waals surface area (Å²) < 4.78 is 22.3. The first-order valence-electron chi connectivity index (χ1n) is 10.4. The van der Waals surface area contributed by atoms with Gasteiger partial charge in [-0.05, 0) is 54.8 Å². The molecule has 3 nitrogen and oxygen atoms in total. The molecule has 4 aromatic rings. The maximum atomic E-state index is 13.9. The van der Waals surface area contributed by atoms with Gasteiger partial charge in [0, 0.05) is 52.6 Å². The molecule has 1 saturated heterocycles. The van der Waals surface area contributed by atoms with E-state index in [1.165, 1.54) is 33.4 Å². The highest BCUT2D eigenvalue weighted by Crippen LogP contribution is 2.49. The quantitative estimate of drug-likeness (QED) is 0.427. The van der Waals surface area contributed by atoms with E-state index < -0.39 is 0 Å². The molecule has 146 valence electrons. The van der Waals surface area contributed by atoms with E-state index in [0.717, 1.165) is 30.7 Å². The van der Waals surface area contributed by atoms with Crippen molar-refractivity contribution in [2.45, 2.75) is 25.0 Å². The lowest BCUT2D eigenvalue weighted by Crippen LogP contribution is -2.36. The Balaban J connectivity index is 1.51. The number of nitrogens with zero attached hydrogens (tertiary/aromatic N) is 1. The Morgan fingerprint density at radius 2 is 1.86 bits per heavy atom. The van der Waals surface area contributed by atoms with Gasteiger partial charge in [0.1, 0.15) is 5.82 Å². The van der Waals surface area contributed by atoms with E-state index in [2.05, 4.69) is 59.4 Å². The molecule has 3 heterocycles. The van der Waals surface area contributed by atoms with Gasteiger partial charge in [-0.3, -0.25) is 0 Å². The topological polar surface area (TPSA) is 26.2 Å². The van der Waals surface area contributed by atoms with Crippen LogP contribution in [0.4, 0.5) is 10.1 Å². The van der Waals surface area contributed by atoms with Crippen LogP contribution in [0.5, 0.6) is 0 Å². The number of aromatic nitrogens is 1. The minimum absolute atomic E-state index is 0.0519. The molecule has 29 heavy (non-hydrogen) atoms. The molecule has 3 aromatic carbocycles. The van der Waals surface area contributed by atoms with Crippen LogP contribution in [0, 0.1) is 11.7 Å². The van der Waals surface area contributed by atoms with Gasteiger partial charge in [0.25, 0.3) is 0 Å². The number of ether oxygens (including phenoxy) is 1. The average Bonchev–Trinajstić information content (AvgIpc) is 3.05. The van der Waals surface area contributed by atoms with Crippen molar-refractivity contribution >= 4 is 27.5 Å². The molecule has 0 unspecified atom stereocenters. The number of halogens is 1. The summed E-state index contributed by atoms with van der Waals surface area (Å²) in [6.07, 6.45) is 2.07. The summed E-state index contributed by atoms with van der Waals surface area (Å²) in [5.41, 5.74) is 5.69. The minimum Gasteiger partial charge on any atom is -0.378 e. The molecular weight excluding hydrogens is 363 g/mol. The van der Waals surface area contributed by atoms with E-state index >= 15 is 0 Å². The van der Waals surface area contributed by atoms with Gasteiger partial charge in [0.05, 0.1) is 12.1 Å². The molecule has 6 rings (SSSR count). The number of nitrogens with one attached hydrogen (secondary N) is 1. The van der Waals surface area contributed by atoms with Gasteiger partial charge in [-0.2, -0.15) is 0 Å². The Morgan fingerprint density at radius 1 is 1.00 bits per heavy atom. The van der Waals surface area contributed by atoms with Gasteiger partial charge < -0.3 is 14.6 Å². The number of hydrogen-bond donors (Lipinski definition) is 1. The Hall–Kier alpha value is -2.85. The van der Waals surface area contributed by atoms with Crippen LogP contribution < -0.4 is 5.32 Å². The largest absolute Gasteiger partial charge is 0.378 e. The van der Waals surface area contributed by atoms with E-state index in [1.807, 2.05) is 6.07 Å². The van der Waals surface area contributed by atoms with Crippen molar-refractivity contribution in [3.05, 3.63) is 77.6 Å². The Labute approximate surface area is 169 Å². The molecular formula is C25H23FN2O. The molecule has 0 aliphatic carbocycles. The molecule has 0 saturated carbocycles. The second-order valence-electron chi connectivity index (χ2n) is 8.30. The molecule has 0 radical (unpaired) electrons. The zero-order chi connectivity index (χ0) is 19.5. The van der Waals surface area contributed by atoms with Crippen LogP contribution in [0.2, 0.25) is 0 Å². The van der Waals surface area contributed by atoms with Crippen molar-refractivity contribution in [1.82, 2.24) is 4.57 Å². The smallest absolute Gasteiger partial charge is 0.123 e. The van der Waals surface area contributed by atoms with Gasteiger partial charge in [-0.1, -0.05) is 24.3 Å². The predicted molar refractivity (Wildman–Crippen MR) is 115 cm³/mol. The second kappa shape index (κ2) is 6.33. The van der Waals surface area contributed by atoms with E-state index in [0.29, 0.717) is 5.92 Å². The van der Waals surface area contributed by atoms with Gasteiger partial charge in [0.2, 0.25) is 0 Å². The number of para-hydroxylation sites is 1. The van der Waals surface area contributed by atoms with E-state index in [9.17, 15) is 4.39 Å². The number of rotatable bonds is 1. The summed E-state index contributed by atoms with van der Waals surface area (Å²) in [6, 6.07) is 20.5. The molecule has 2 aliphatic heterocycles. The number of anilines is 1. The molecule has 0 amide bonds. The first-order valence-corrected chi connectivity index (χ1v) is 10.4. The summed E-state index contributed by atoms with van der Waals surface area (Å²) >= 11 is 0. The van der Waals surface area contributed by atoms with Crippen LogP contribution >= 0.6 is 0 Å². The van der Waals surface area contributed by atoms with Gasteiger partial charge in [0.15, 0.2) is 0 Å². The lowest BCUT2D eigenvalue weighted by molar-refractivity contribution is -0.0382. The van der Waals surface area contributed by atoms with E-state index in [-0.39, 0.29) is 18.0 Å². The van der Waals surface area contributed by atoms with Crippen LogP contribution in [0.1, 0.15) is 36.1 Å². The van der Waals surface area contributed by atoms with Crippen molar-refractivity contribution in [2.75, 3.05) is 11.9 Å². The summed E-state index contributed by atoms with van der Waals surface area (Å²) in [4.78, 5) is 0. The van der Waals surface area contributed by atoms with Gasteiger partial charge >= 0.3 is 0 Å². The van der Waals surface area contributed by atoms with Crippen molar-refractivity contribution < 1.29 is 9.13 Å². The van der Waals surface area contributed by atoms with Crippen LogP contribution in [0.25, 0.3) is 21.8 Å². The monoisotopic (exact) mass is 386 g/mol. The molecule has 4 heteroatoms. The third-order valence-electron chi connectivity index (χ3n) is 6.72. The summed E-state index contributed by atoms with van der Waals surface area (Å²) in [7, 11) is 2.12. The minimum atomic E-state index is -0.200. The van der Waals surface area contributed by atoms with Gasteiger partial charge in [-0.25, -0.2) is 4.39 Å². The molecule has 1 N–H and O–H groups in total. The molecule has 3 atom stereocenters. The highest BCUT2D eigenvalue weighted by atomic mass is 19.1. The number of aryl methyl sites for hydroxylation is 1. The zero-order valence-electron chi connectivity index (χ0n) is 16.4. The lowest BCUT2D eigenvalue weighted by Gasteiger charge is -2.43. The Kier molecular flexibility index (Phi) is 3.72. The molecule has 2 aliphatic rings. The van der Waals surface area contributed by atoms with E-state index in [4.69, 9.17) is 4.74 Å².